The third-order valence-corrected chi connectivity index (χ3v) is 4.52. The van der Waals surface area contributed by atoms with Gasteiger partial charge in [0.05, 0.1) is 23.4 Å². The summed E-state index contributed by atoms with van der Waals surface area (Å²) < 4.78 is 5.32. The Labute approximate surface area is 152 Å². The monoisotopic (exact) mass is 353 g/mol. The highest BCUT2D eigenvalue weighted by molar-refractivity contribution is 6.30. The maximum atomic E-state index is 12.7. The van der Waals surface area contributed by atoms with Crippen molar-refractivity contribution < 1.29 is 9.53 Å². The highest BCUT2D eigenvalue weighted by atomic mass is 35.5. The maximum Gasteiger partial charge on any atom is 0.339 e. The van der Waals surface area contributed by atoms with Crippen LogP contribution in [0.4, 0.5) is 0 Å². The molecule has 0 spiro atoms. The van der Waals surface area contributed by atoms with Gasteiger partial charge in [-0.3, -0.25) is 0 Å². The first kappa shape index (κ1) is 17.4. The second kappa shape index (κ2) is 6.85. The number of benzene rings is 2. The summed E-state index contributed by atoms with van der Waals surface area (Å²) in [6, 6.07) is 11.6. The molecule has 3 rings (SSSR count). The molecule has 25 heavy (non-hydrogen) atoms. The Kier molecular flexibility index (Phi) is 4.78. The first-order valence-electron chi connectivity index (χ1n) is 8.27. The molecule has 0 aliphatic heterocycles. The number of pyridine rings is 1. The van der Waals surface area contributed by atoms with Crippen LogP contribution in [-0.2, 0) is 4.74 Å². The van der Waals surface area contributed by atoms with Crippen LogP contribution in [0.2, 0.25) is 5.02 Å². The predicted octanol–water partition coefficient (Wildman–Crippen LogP) is 5.66. The molecule has 4 heteroatoms. The van der Waals surface area contributed by atoms with Crippen molar-refractivity contribution in [2.45, 2.75) is 27.7 Å². The van der Waals surface area contributed by atoms with Crippen LogP contribution in [0.5, 0.6) is 0 Å². The summed E-state index contributed by atoms with van der Waals surface area (Å²) >= 11 is 6.01. The molecule has 0 aliphatic carbocycles. The Bertz CT molecular complexity index is 962. The molecule has 0 saturated heterocycles. The minimum Gasteiger partial charge on any atom is -0.462 e. The normalized spacial score (nSPS) is 10.9. The van der Waals surface area contributed by atoms with Gasteiger partial charge in [0.25, 0.3) is 0 Å². The average molecular weight is 354 g/mol. The fourth-order valence-corrected chi connectivity index (χ4v) is 3.30. The molecule has 0 atom stereocenters. The van der Waals surface area contributed by atoms with Gasteiger partial charge in [-0.1, -0.05) is 35.4 Å². The quantitative estimate of drug-likeness (QED) is 0.570. The summed E-state index contributed by atoms with van der Waals surface area (Å²) in [6.45, 7) is 8.10. The molecule has 3 nitrogen and oxygen atoms in total. The minimum absolute atomic E-state index is 0.312. The summed E-state index contributed by atoms with van der Waals surface area (Å²) in [7, 11) is 0. The second-order valence-electron chi connectivity index (χ2n) is 6.17. The number of hydrogen-bond acceptors (Lipinski definition) is 3. The number of nitrogens with zero attached hydrogens (tertiary/aromatic N) is 1. The number of hydrogen-bond donors (Lipinski definition) is 0. The van der Waals surface area contributed by atoms with Gasteiger partial charge in [0.2, 0.25) is 0 Å². The third-order valence-electron chi connectivity index (χ3n) is 4.27. The lowest BCUT2D eigenvalue weighted by Gasteiger charge is -2.16. The van der Waals surface area contributed by atoms with Crippen molar-refractivity contribution in [3.63, 3.8) is 0 Å². The zero-order valence-electron chi connectivity index (χ0n) is 14.8. The number of esters is 1. The van der Waals surface area contributed by atoms with Gasteiger partial charge in [0, 0.05) is 16.0 Å². The Morgan fingerprint density at radius 1 is 1.12 bits per heavy atom. The fraction of sp³-hybridized carbons (Fsp3) is 0.238. The first-order valence-corrected chi connectivity index (χ1v) is 8.64. The number of ether oxygens (including phenoxy) is 1. The van der Waals surface area contributed by atoms with E-state index < -0.39 is 0 Å². The van der Waals surface area contributed by atoms with E-state index in [9.17, 15) is 4.79 Å². The van der Waals surface area contributed by atoms with E-state index in [0.717, 1.165) is 38.9 Å². The molecule has 0 bridgehead atoms. The van der Waals surface area contributed by atoms with E-state index in [1.165, 1.54) is 0 Å². The molecular weight excluding hydrogens is 334 g/mol. The van der Waals surface area contributed by atoms with E-state index >= 15 is 0 Å². The summed E-state index contributed by atoms with van der Waals surface area (Å²) in [6.07, 6.45) is 0. The van der Waals surface area contributed by atoms with Crippen molar-refractivity contribution in [1.29, 1.82) is 0 Å². The van der Waals surface area contributed by atoms with E-state index in [4.69, 9.17) is 21.3 Å². The molecule has 0 amide bonds. The van der Waals surface area contributed by atoms with Gasteiger partial charge in [-0.15, -0.1) is 0 Å². The molecule has 0 fully saturated rings. The zero-order chi connectivity index (χ0) is 18.1. The Morgan fingerprint density at radius 3 is 2.44 bits per heavy atom. The smallest absolute Gasteiger partial charge is 0.339 e. The van der Waals surface area contributed by atoms with Gasteiger partial charge < -0.3 is 4.74 Å². The Morgan fingerprint density at radius 2 is 1.80 bits per heavy atom. The Balaban J connectivity index is 2.38. The molecule has 1 heterocycles. The number of fused-ring (bicyclic) bond motifs is 1. The van der Waals surface area contributed by atoms with E-state index in [0.29, 0.717) is 17.2 Å². The highest BCUT2D eigenvalue weighted by Crippen LogP contribution is 2.32. The lowest BCUT2D eigenvalue weighted by Crippen LogP contribution is -2.10. The molecular formula is C21H20ClNO2. The van der Waals surface area contributed by atoms with Crippen LogP contribution >= 0.6 is 11.6 Å². The molecule has 0 N–H and O–H groups in total. The van der Waals surface area contributed by atoms with Crippen molar-refractivity contribution >= 4 is 28.5 Å². The molecule has 2 aromatic carbocycles. The van der Waals surface area contributed by atoms with Crippen LogP contribution < -0.4 is 0 Å². The van der Waals surface area contributed by atoms with Crippen molar-refractivity contribution in [3.8, 4) is 11.3 Å². The fourth-order valence-electron chi connectivity index (χ4n) is 3.17. The SMILES string of the molecule is CCOC(=O)c1c(C)c(-c2ccc(Cl)cc2)nc2c(C)cc(C)cc12. The highest BCUT2D eigenvalue weighted by Gasteiger charge is 2.21. The standard InChI is InChI=1S/C21H20ClNO2/c1-5-25-21(24)18-14(4)20(15-6-8-16(22)9-7-15)23-19-13(3)10-12(2)11-17(18)19/h6-11H,5H2,1-4H3. The van der Waals surface area contributed by atoms with E-state index in [-0.39, 0.29) is 5.97 Å². The van der Waals surface area contributed by atoms with E-state index in [1.807, 2.05) is 58.0 Å². The van der Waals surface area contributed by atoms with Gasteiger partial charge in [0.1, 0.15) is 0 Å². The van der Waals surface area contributed by atoms with Gasteiger partial charge in [-0.2, -0.15) is 0 Å². The van der Waals surface area contributed by atoms with Crippen molar-refractivity contribution in [1.82, 2.24) is 4.98 Å². The number of rotatable bonds is 3. The number of aryl methyl sites for hydroxylation is 2. The topological polar surface area (TPSA) is 39.2 Å². The molecule has 0 aliphatic rings. The summed E-state index contributed by atoms with van der Waals surface area (Å²) in [5, 5.41) is 1.51. The first-order chi connectivity index (χ1) is 11.9. The third kappa shape index (κ3) is 3.24. The van der Waals surface area contributed by atoms with Crippen LogP contribution in [-0.4, -0.2) is 17.6 Å². The van der Waals surface area contributed by atoms with Gasteiger partial charge in [-0.05, 0) is 57.0 Å². The predicted molar refractivity (Wildman–Crippen MR) is 102 cm³/mol. The number of aromatic nitrogens is 1. The zero-order valence-corrected chi connectivity index (χ0v) is 15.6. The molecule has 0 saturated carbocycles. The largest absolute Gasteiger partial charge is 0.462 e. The summed E-state index contributed by atoms with van der Waals surface area (Å²) in [4.78, 5) is 17.5. The van der Waals surface area contributed by atoms with Crippen LogP contribution in [0.15, 0.2) is 36.4 Å². The number of carbonyl (C=O) groups is 1. The molecule has 1 aromatic heterocycles. The van der Waals surface area contributed by atoms with Gasteiger partial charge >= 0.3 is 5.97 Å². The van der Waals surface area contributed by atoms with E-state index in [2.05, 4.69) is 6.07 Å². The van der Waals surface area contributed by atoms with Gasteiger partial charge in [0.15, 0.2) is 0 Å². The molecule has 3 aromatic rings. The van der Waals surface area contributed by atoms with Crippen LogP contribution in [0.25, 0.3) is 22.2 Å². The summed E-state index contributed by atoms with van der Waals surface area (Å²) in [5.41, 5.74) is 6.06. The summed E-state index contributed by atoms with van der Waals surface area (Å²) in [5.74, 6) is -0.312. The van der Waals surface area contributed by atoms with Crippen molar-refractivity contribution in [3.05, 3.63) is 63.7 Å². The molecule has 0 radical (unpaired) electrons. The van der Waals surface area contributed by atoms with E-state index in [1.54, 1.807) is 0 Å². The average Bonchev–Trinajstić information content (AvgIpc) is 2.55. The Hall–Kier alpha value is -2.39. The lowest BCUT2D eigenvalue weighted by atomic mass is 9.95. The molecule has 128 valence electrons. The maximum absolute atomic E-state index is 12.7. The van der Waals surface area contributed by atoms with Crippen molar-refractivity contribution in [2.75, 3.05) is 6.61 Å². The van der Waals surface area contributed by atoms with Crippen LogP contribution in [0.1, 0.15) is 34.0 Å². The van der Waals surface area contributed by atoms with Crippen LogP contribution in [0.3, 0.4) is 0 Å². The van der Waals surface area contributed by atoms with Gasteiger partial charge in [-0.25, -0.2) is 9.78 Å². The minimum atomic E-state index is -0.312. The number of halogens is 1. The molecule has 0 unspecified atom stereocenters. The van der Waals surface area contributed by atoms with Crippen LogP contribution in [0, 0.1) is 20.8 Å². The second-order valence-corrected chi connectivity index (χ2v) is 6.60. The number of carbonyl (C=O) groups excluding carboxylic acids is 1. The lowest BCUT2D eigenvalue weighted by molar-refractivity contribution is 0.0528. The van der Waals surface area contributed by atoms with Crippen molar-refractivity contribution in [2.24, 2.45) is 0 Å².